The molecule has 1 aliphatic rings. The first-order valence-electron chi connectivity index (χ1n) is 8.16. The zero-order chi connectivity index (χ0) is 19.5. The number of carbonyl (C=O) groups excluding carboxylic acids is 2. The molecule has 2 rings (SSSR count). The summed E-state index contributed by atoms with van der Waals surface area (Å²) in [5.74, 6) is -0.662. The molecule has 0 spiro atoms. The summed E-state index contributed by atoms with van der Waals surface area (Å²) in [6.45, 7) is 5.21. The monoisotopic (exact) mass is 366 g/mol. The third kappa shape index (κ3) is 5.16. The number of ether oxygens (including phenoxy) is 2. The van der Waals surface area contributed by atoms with Crippen LogP contribution in [0.15, 0.2) is 24.3 Å². The van der Waals surface area contributed by atoms with Crippen LogP contribution in [0.3, 0.4) is 0 Å². The highest BCUT2D eigenvalue weighted by Gasteiger charge is 2.37. The van der Waals surface area contributed by atoms with Crippen molar-refractivity contribution in [3.63, 3.8) is 0 Å². The molecule has 0 aromatic heterocycles. The molecule has 9 heteroatoms. The maximum Gasteiger partial charge on any atom is 0.410 e. The molecule has 1 fully saturated rings. The van der Waals surface area contributed by atoms with E-state index >= 15 is 0 Å². The van der Waals surface area contributed by atoms with Gasteiger partial charge < -0.3 is 14.6 Å². The molecule has 1 aromatic carbocycles. The summed E-state index contributed by atoms with van der Waals surface area (Å²) in [7, 11) is 0. The summed E-state index contributed by atoms with van der Waals surface area (Å²) in [6, 6.07) is 4.53. The number of aliphatic hydroxyl groups excluding tert-OH is 1. The van der Waals surface area contributed by atoms with Gasteiger partial charge in [-0.25, -0.2) is 9.59 Å². The Kier molecular flexibility index (Phi) is 5.81. The number of nitro benzene ring substituents is 1. The number of likely N-dealkylation sites (tertiary alicyclic amines) is 1. The van der Waals surface area contributed by atoms with E-state index in [0.29, 0.717) is 0 Å². The molecular weight excluding hydrogens is 344 g/mol. The number of benzene rings is 1. The maximum atomic E-state index is 12.2. The predicted molar refractivity (Wildman–Crippen MR) is 90.7 cm³/mol. The summed E-state index contributed by atoms with van der Waals surface area (Å²) < 4.78 is 10.5. The minimum absolute atomic E-state index is 0.105. The zero-order valence-corrected chi connectivity index (χ0v) is 14.9. The van der Waals surface area contributed by atoms with Gasteiger partial charge in [-0.2, -0.15) is 0 Å². The van der Waals surface area contributed by atoms with Gasteiger partial charge in [0.2, 0.25) is 0 Å². The summed E-state index contributed by atoms with van der Waals surface area (Å²) in [5, 5.41) is 20.5. The average Bonchev–Trinajstić information content (AvgIpc) is 2.92. The third-order valence-electron chi connectivity index (χ3n) is 3.74. The average molecular weight is 366 g/mol. The number of hydrogen-bond acceptors (Lipinski definition) is 7. The molecule has 1 N–H and O–H groups in total. The first-order chi connectivity index (χ1) is 12.1. The van der Waals surface area contributed by atoms with E-state index in [2.05, 4.69) is 0 Å². The van der Waals surface area contributed by atoms with Crippen LogP contribution in [0, 0.1) is 10.1 Å². The molecular formula is C17H22N2O7. The number of hydrogen-bond donors (Lipinski definition) is 1. The molecule has 26 heavy (non-hydrogen) atoms. The first kappa shape index (κ1) is 19.6. The lowest BCUT2D eigenvalue weighted by molar-refractivity contribution is -0.384. The fourth-order valence-corrected chi connectivity index (χ4v) is 2.57. The number of β-amino-alcohol motifs (C(OH)–C–C–N with tert-alkyl or cyclic N) is 1. The van der Waals surface area contributed by atoms with E-state index < -0.39 is 34.7 Å². The Morgan fingerprint density at radius 1 is 1.31 bits per heavy atom. The number of nitrogens with zero attached hydrogens (tertiary/aromatic N) is 2. The van der Waals surface area contributed by atoms with Gasteiger partial charge in [-0.3, -0.25) is 15.0 Å². The lowest BCUT2D eigenvalue weighted by atomic mass is 10.2. The highest BCUT2D eigenvalue weighted by atomic mass is 16.6. The van der Waals surface area contributed by atoms with Crippen LogP contribution >= 0.6 is 0 Å². The van der Waals surface area contributed by atoms with Crippen molar-refractivity contribution in [1.29, 1.82) is 0 Å². The van der Waals surface area contributed by atoms with Gasteiger partial charge in [0, 0.05) is 12.1 Å². The molecule has 1 aliphatic heterocycles. The van der Waals surface area contributed by atoms with Crippen molar-refractivity contribution in [2.24, 2.45) is 0 Å². The number of amides is 1. The summed E-state index contributed by atoms with van der Waals surface area (Å²) >= 11 is 0. The summed E-state index contributed by atoms with van der Waals surface area (Å²) in [5.41, 5.74) is -0.639. The Labute approximate surface area is 150 Å². The number of esters is 1. The number of rotatable bonds is 4. The van der Waals surface area contributed by atoms with Gasteiger partial charge in [0.1, 0.15) is 12.2 Å². The van der Waals surface area contributed by atoms with E-state index in [9.17, 15) is 24.8 Å². The van der Waals surface area contributed by atoms with E-state index in [0.717, 1.165) is 0 Å². The van der Waals surface area contributed by atoms with E-state index in [1.54, 1.807) is 20.8 Å². The van der Waals surface area contributed by atoms with Crippen molar-refractivity contribution >= 4 is 17.7 Å². The highest BCUT2D eigenvalue weighted by Crippen LogP contribution is 2.22. The van der Waals surface area contributed by atoms with Crippen LogP contribution < -0.4 is 0 Å². The number of carbonyl (C=O) groups is 2. The number of nitro groups is 1. The fourth-order valence-electron chi connectivity index (χ4n) is 2.57. The van der Waals surface area contributed by atoms with Crippen LogP contribution in [0.1, 0.15) is 37.6 Å². The van der Waals surface area contributed by atoms with Gasteiger partial charge in [-0.05, 0) is 39.3 Å². The maximum absolute atomic E-state index is 12.2. The Morgan fingerprint density at radius 2 is 1.92 bits per heavy atom. The minimum atomic E-state index is -0.717. The molecule has 1 saturated heterocycles. The van der Waals surface area contributed by atoms with E-state index in [4.69, 9.17) is 9.47 Å². The second kappa shape index (κ2) is 7.69. The predicted octanol–water partition coefficient (Wildman–Crippen LogP) is 2.12. The molecule has 1 aromatic rings. The van der Waals surface area contributed by atoms with Crippen LogP contribution in [0.5, 0.6) is 0 Å². The molecule has 1 heterocycles. The molecule has 1 amide bonds. The van der Waals surface area contributed by atoms with Crippen molar-refractivity contribution in [1.82, 2.24) is 4.90 Å². The molecule has 2 unspecified atom stereocenters. The van der Waals surface area contributed by atoms with Crippen molar-refractivity contribution in [2.75, 3.05) is 13.2 Å². The number of non-ortho nitro benzene ring substituents is 1. The summed E-state index contributed by atoms with van der Waals surface area (Å²) in [4.78, 5) is 35.7. The van der Waals surface area contributed by atoms with Crippen molar-refractivity contribution in [2.45, 2.75) is 44.9 Å². The van der Waals surface area contributed by atoms with Crippen LogP contribution in [-0.4, -0.2) is 57.9 Å². The largest absolute Gasteiger partial charge is 0.460 e. The van der Waals surface area contributed by atoms with Crippen molar-refractivity contribution in [3.05, 3.63) is 39.9 Å². The Balaban J connectivity index is 1.96. The van der Waals surface area contributed by atoms with E-state index in [1.165, 1.54) is 29.2 Å². The van der Waals surface area contributed by atoms with Gasteiger partial charge in [0.15, 0.2) is 0 Å². The molecule has 0 saturated carbocycles. The molecule has 0 aliphatic carbocycles. The van der Waals surface area contributed by atoms with E-state index in [1.807, 2.05) is 0 Å². The molecule has 0 radical (unpaired) electrons. The SMILES string of the molecule is CC(C)(C)OC(=O)N1CC(O)CC1COC(=O)c1ccc([N+](=O)[O-])cc1. The first-order valence-corrected chi connectivity index (χ1v) is 8.16. The van der Waals surface area contributed by atoms with Crippen molar-refractivity contribution in [3.8, 4) is 0 Å². The Morgan fingerprint density at radius 3 is 2.46 bits per heavy atom. The third-order valence-corrected chi connectivity index (χ3v) is 3.74. The van der Waals surface area contributed by atoms with Crippen molar-refractivity contribution < 1.29 is 29.1 Å². The van der Waals surface area contributed by atoms with Crippen LogP contribution in [0.4, 0.5) is 10.5 Å². The molecule has 9 nitrogen and oxygen atoms in total. The smallest absolute Gasteiger partial charge is 0.410 e. The lowest BCUT2D eigenvalue weighted by Crippen LogP contribution is -2.42. The standard InChI is InChI=1S/C17H22N2O7/c1-17(2,3)26-16(22)18-9-14(20)8-13(18)10-25-15(21)11-4-6-12(7-5-11)19(23)24/h4-7,13-14,20H,8-10H2,1-3H3. The van der Waals surface area contributed by atoms with Crippen LogP contribution in [0.25, 0.3) is 0 Å². The number of aliphatic hydroxyl groups is 1. The van der Waals surface area contributed by atoms with Crippen LogP contribution in [-0.2, 0) is 9.47 Å². The van der Waals surface area contributed by atoms with Crippen LogP contribution in [0.2, 0.25) is 0 Å². The fraction of sp³-hybridized carbons (Fsp3) is 0.529. The van der Waals surface area contributed by atoms with Gasteiger partial charge in [-0.1, -0.05) is 0 Å². The van der Waals surface area contributed by atoms with Gasteiger partial charge in [0.05, 0.1) is 29.2 Å². The van der Waals surface area contributed by atoms with Gasteiger partial charge >= 0.3 is 12.1 Å². The highest BCUT2D eigenvalue weighted by molar-refractivity contribution is 5.89. The second-order valence-electron chi connectivity index (χ2n) is 7.08. The van der Waals surface area contributed by atoms with Gasteiger partial charge in [0.25, 0.3) is 5.69 Å². The summed E-state index contributed by atoms with van der Waals surface area (Å²) in [6.07, 6.45) is -1.02. The second-order valence-corrected chi connectivity index (χ2v) is 7.08. The topological polar surface area (TPSA) is 119 Å². The minimum Gasteiger partial charge on any atom is -0.460 e. The quantitative estimate of drug-likeness (QED) is 0.492. The molecule has 2 atom stereocenters. The molecule has 0 bridgehead atoms. The van der Waals surface area contributed by atoms with Gasteiger partial charge in [-0.15, -0.1) is 0 Å². The zero-order valence-electron chi connectivity index (χ0n) is 14.9. The lowest BCUT2D eigenvalue weighted by Gasteiger charge is -2.28. The molecule has 142 valence electrons. The van der Waals surface area contributed by atoms with E-state index in [-0.39, 0.29) is 30.8 Å². The Bertz CT molecular complexity index is 681. The normalized spacial score (nSPS) is 19.9. The Hall–Kier alpha value is -2.68.